The summed E-state index contributed by atoms with van der Waals surface area (Å²) in [5, 5.41) is 3.22. The van der Waals surface area contributed by atoms with Crippen LogP contribution in [-0.4, -0.2) is 11.0 Å². The Hall–Kier alpha value is -1.23. The number of rotatable bonds is 5. The molecule has 1 atom stereocenters. The molecule has 3 N–H and O–H groups in total. The predicted octanol–water partition coefficient (Wildman–Crippen LogP) is 2.38. The summed E-state index contributed by atoms with van der Waals surface area (Å²) in [6.45, 7) is 4.16. The first-order chi connectivity index (χ1) is 8.69. The first-order valence-corrected chi connectivity index (χ1v) is 6.98. The maximum atomic E-state index is 5.65. The van der Waals surface area contributed by atoms with Gasteiger partial charge in [-0.25, -0.2) is 4.98 Å². The normalized spacial score (nSPS) is 12.6. The van der Waals surface area contributed by atoms with E-state index in [0.29, 0.717) is 0 Å². The SMILES string of the molecule is Cc1csc(CC(Cc2ccccc2C)NN)n1. The second-order valence-electron chi connectivity index (χ2n) is 4.58. The first kappa shape index (κ1) is 13.2. The highest BCUT2D eigenvalue weighted by Crippen LogP contribution is 2.15. The fourth-order valence-corrected chi connectivity index (χ4v) is 2.86. The smallest absolute Gasteiger partial charge is 0.0944 e. The summed E-state index contributed by atoms with van der Waals surface area (Å²) in [7, 11) is 0. The third kappa shape index (κ3) is 3.38. The summed E-state index contributed by atoms with van der Waals surface area (Å²) in [5.74, 6) is 5.65. The highest BCUT2D eigenvalue weighted by Gasteiger charge is 2.12. The van der Waals surface area contributed by atoms with Crippen LogP contribution in [0, 0.1) is 13.8 Å². The molecule has 0 radical (unpaired) electrons. The van der Waals surface area contributed by atoms with Crippen LogP contribution in [-0.2, 0) is 12.8 Å². The zero-order valence-corrected chi connectivity index (χ0v) is 11.6. The van der Waals surface area contributed by atoms with Crippen LogP contribution in [0.15, 0.2) is 29.6 Å². The maximum Gasteiger partial charge on any atom is 0.0944 e. The molecule has 96 valence electrons. The topological polar surface area (TPSA) is 50.9 Å². The zero-order valence-electron chi connectivity index (χ0n) is 10.8. The Balaban J connectivity index is 2.04. The monoisotopic (exact) mass is 261 g/mol. The fourth-order valence-electron chi connectivity index (χ4n) is 2.00. The number of hydrogen-bond donors (Lipinski definition) is 2. The third-order valence-corrected chi connectivity index (χ3v) is 4.04. The Morgan fingerprint density at radius 1 is 1.28 bits per heavy atom. The summed E-state index contributed by atoms with van der Waals surface area (Å²) >= 11 is 1.70. The van der Waals surface area contributed by atoms with Crippen molar-refractivity contribution in [2.75, 3.05) is 0 Å². The molecule has 18 heavy (non-hydrogen) atoms. The minimum atomic E-state index is 0.233. The van der Waals surface area contributed by atoms with Gasteiger partial charge in [0.15, 0.2) is 0 Å². The largest absolute Gasteiger partial charge is 0.271 e. The number of aromatic nitrogens is 1. The summed E-state index contributed by atoms with van der Waals surface area (Å²) in [5.41, 5.74) is 6.64. The van der Waals surface area contributed by atoms with E-state index in [0.717, 1.165) is 23.5 Å². The van der Waals surface area contributed by atoms with Crippen LogP contribution < -0.4 is 11.3 Å². The van der Waals surface area contributed by atoms with Gasteiger partial charge < -0.3 is 0 Å². The number of hydrogen-bond acceptors (Lipinski definition) is 4. The second kappa shape index (κ2) is 6.09. The van der Waals surface area contributed by atoms with E-state index in [-0.39, 0.29) is 6.04 Å². The minimum absolute atomic E-state index is 0.233. The molecule has 1 unspecified atom stereocenters. The molecule has 1 aromatic heterocycles. The van der Waals surface area contributed by atoms with Crippen molar-refractivity contribution in [3.8, 4) is 0 Å². The molecular formula is C14H19N3S. The van der Waals surface area contributed by atoms with Crippen molar-refractivity contribution in [3.05, 3.63) is 51.5 Å². The maximum absolute atomic E-state index is 5.65. The Kier molecular flexibility index (Phi) is 4.47. The van der Waals surface area contributed by atoms with Crippen molar-refractivity contribution in [2.45, 2.75) is 32.7 Å². The molecule has 0 amide bonds. The minimum Gasteiger partial charge on any atom is -0.271 e. The lowest BCUT2D eigenvalue weighted by atomic mass is 10.00. The van der Waals surface area contributed by atoms with Gasteiger partial charge in [0.25, 0.3) is 0 Å². The summed E-state index contributed by atoms with van der Waals surface area (Å²) in [4.78, 5) is 4.49. The molecule has 3 nitrogen and oxygen atoms in total. The first-order valence-electron chi connectivity index (χ1n) is 6.10. The molecule has 2 rings (SSSR count). The van der Waals surface area contributed by atoms with E-state index in [2.05, 4.69) is 47.0 Å². The molecule has 1 heterocycles. The number of nitrogens with two attached hydrogens (primary N) is 1. The zero-order chi connectivity index (χ0) is 13.0. The lowest BCUT2D eigenvalue weighted by molar-refractivity contribution is 0.520. The molecule has 1 aromatic carbocycles. The van der Waals surface area contributed by atoms with Crippen LogP contribution in [0.2, 0.25) is 0 Å². The average molecular weight is 261 g/mol. The van der Waals surface area contributed by atoms with Crippen molar-refractivity contribution in [2.24, 2.45) is 5.84 Å². The van der Waals surface area contributed by atoms with E-state index in [1.807, 2.05) is 6.92 Å². The summed E-state index contributed by atoms with van der Waals surface area (Å²) < 4.78 is 0. The van der Waals surface area contributed by atoms with Gasteiger partial charge in [0.05, 0.1) is 5.01 Å². The van der Waals surface area contributed by atoms with E-state index in [1.165, 1.54) is 11.1 Å². The molecule has 0 aliphatic heterocycles. The number of thiazole rings is 1. The number of aryl methyl sites for hydroxylation is 2. The molecule has 4 heteroatoms. The van der Waals surface area contributed by atoms with Crippen LogP contribution in [0.1, 0.15) is 21.8 Å². The number of hydrazine groups is 1. The lowest BCUT2D eigenvalue weighted by Gasteiger charge is -2.15. The van der Waals surface area contributed by atoms with Crippen LogP contribution in [0.3, 0.4) is 0 Å². The predicted molar refractivity (Wildman–Crippen MR) is 76.5 cm³/mol. The Labute approximate surface area is 112 Å². The summed E-state index contributed by atoms with van der Waals surface area (Å²) in [6, 6.07) is 8.66. The number of benzene rings is 1. The van der Waals surface area contributed by atoms with Crippen molar-refractivity contribution < 1.29 is 0 Å². The van der Waals surface area contributed by atoms with Crippen molar-refractivity contribution in [3.63, 3.8) is 0 Å². The van der Waals surface area contributed by atoms with Gasteiger partial charge in [0.2, 0.25) is 0 Å². The van der Waals surface area contributed by atoms with E-state index in [1.54, 1.807) is 11.3 Å². The van der Waals surface area contributed by atoms with Gasteiger partial charge in [0, 0.05) is 23.5 Å². The van der Waals surface area contributed by atoms with Crippen LogP contribution in [0.5, 0.6) is 0 Å². The van der Waals surface area contributed by atoms with Gasteiger partial charge in [-0.05, 0) is 31.4 Å². The quantitative estimate of drug-likeness (QED) is 0.642. The van der Waals surface area contributed by atoms with Gasteiger partial charge in [-0.1, -0.05) is 24.3 Å². The summed E-state index contributed by atoms with van der Waals surface area (Å²) in [6.07, 6.45) is 1.81. The van der Waals surface area contributed by atoms with E-state index < -0.39 is 0 Å². The van der Waals surface area contributed by atoms with Crippen LogP contribution in [0.25, 0.3) is 0 Å². The Morgan fingerprint density at radius 2 is 2.06 bits per heavy atom. The average Bonchev–Trinajstić information content (AvgIpc) is 2.76. The van der Waals surface area contributed by atoms with Gasteiger partial charge in [0.1, 0.15) is 0 Å². The molecular weight excluding hydrogens is 242 g/mol. The van der Waals surface area contributed by atoms with Gasteiger partial charge in [-0.15, -0.1) is 11.3 Å². The van der Waals surface area contributed by atoms with Crippen LogP contribution >= 0.6 is 11.3 Å². The van der Waals surface area contributed by atoms with Gasteiger partial charge in [-0.2, -0.15) is 0 Å². The molecule has 0 spiro atoms. The van der Waals surface area contributed by atoms with Crippen molar-refractivity contribution >= 4 is 11.3 Å². The number of nitrogens with one attached hydrogen (secondary N) is 1. The van der Waals surface area contributed by atoms with Gasteiger partial charge >= 0.3 is 0 Å². The molecule has 0 aliphatic rings. The standard InChI is InChI=1S/C14H19N3S/c1-10-5-3-4-6-12(10)7-13(17-15)8-14-16-11(2)9-18-14/h3-6,9,13,17H,7-8,15H2,1-2H3. The second-order valence-corrected chi connectivity index (χ2v) is 5.52. The Morgan fingerprint density at radius 3 is 2.67 bits per heavy atom. The fraction of sp³-hybridized carbons (Fsp3) is 0.357. The van der Waals surface area contributed by atoms with Gasteiger partial charge in [-0.3, -0.25) is 11.3 Å². The highest BCUT2D eigenvalue weighted by molar-refractivity contribution is 7.09. The molecule has 0 saturated heterocycles. The molecule has 0 aliphatic carbocycles. The van der Waals surface area contributed by atoms with Crippen LogP contribution in [0.4, 0.5) is 0 Å². The third-order valence-electron chi connectivity index (χ3n) is 3.05. The number of nitrogens with zero attached hydrogens (tertiary/aromatic N) is 1. The van der Waals surface area contributed by atoms with Crippen molar-refractivity contribution in [1.29, 1.82) is 0 Å². The molecule has 0 bridgehead atoms. The molecule has 2 aromatic rings. The Bertz CT molecular complexity index is 507. The molecule has 0 saturated carbocycles. The van der Waals surface area contributed by atoms with Crippen molar-refractivity contribution in [1.82, 2.24) is 10.4 Å². The van der Waals surface area contributed by atoms with E-state index in [4.69, 9.17) is 5.84 Å². The lowest BCUT2D eigenvalue weighted by Crippen LogP contribution is -2.38. The van der Waals surface area contributed by atoms with E-state index in [9.17, 15) is 0 Å². The molecule has 0 fully saturated rings. The van der Waals surface area contributed by atoms with E-state index >= 15 is 0 Å². The highest BCUT2D eigenvalue weighted by atomic mass is 32.1.